The Morgan fingerprint density at radius 2 is 2.16 bits per heavy atom. The molecular formula is C19H23N3O3. The summed E-state index contributed by atoms with van der Waals surface area (Å²) in [6.45, 7) is 4.62. The van der Waals surface area contributed by atoms with Gasteiger partial charge in [0.2, 0.25) is 11.8 Å². The fourth-order valence-corrected chi connectivity index (χ4v) is 3.20. The summed E-state index contributed by atoms with van der Waals surface area (Å²) >= 11 is 0. The molecule has 0 unspecified atom stereocenters. The summed E-state index contributed by atoms with van der Waals surface area (Å²) in [6.07, 6.45) is 4.10. The van der Waals surface area contributed by atoms with Gasteiger partial charge in [-0.25, -0.2) is 0 Å². The highest BCUT2D eigenvalue weighted by Crippen LogP contribution is 2.38. The summed E-state index contributed by atoms with van der Waals surface area (Å²) in [5.41, 5.74) is 3.43. The first-order valence-electron chi connectivity index (χ1n) is 8.96. The molecule has 1 atom stereocenters. The van der Waals surface area contributed by atoms with Crippen LogP contribution in [0.4, 0.5) is 0 Å². The van der Waals surface area contributed by atoms with Crippen molar-refractivity contribution in [2.75, 3.05) is 6.61 Å². The van der Waals surface area contributed by atoms with E-state index in [-0.39, 0.29) is 11.9 Å². The number of ether oxygens (including phenoxy) is 1. The second kappa shape index (κ2) is 6.50. The third kappa shape index (κ3) is 3.38. The maximum atomic E-state index is 12.2. The lowest BCUT2D eigenvalue weighted by Crippen LogP contribution is -2.29. The number of rotatable bonds is 6. The summed E-state index contributed by atoms with van der Waals surface area (Å²) in [5, 5.41) is 7.07. The van der Waals surface area contributed by atoms with Crippen molar-refractivity contribution in [2.45, 2.75) is 57.9 Å². The highest BCUT2D eigenvalue weighted by atomic mass is 16.5. The zero-order valence-corrected chi connectivity index (χ0v) is 14.7. The molecule has 1 N–H and O–H groups in total. The number of hydrogen-bond acceptors (Lipinski definition) is 5. The maximum absolute atomic E-state index is 12.2. The molecule has 1 aliphatic carbocycles. The minimum absolute atomic E-state index is 0.0293. The Morgan fingerprint density at radius 1 is 1.32 bits per heavy atom. The van der Waals surface area contributed by atoms with E-state index in [4.69, 9.17) is 9.26 Å². The number of benzene rings is 1. The van der Waals surface area contributed by atoms with Crippen molar-refractivity contribution >= 4 is 5.91 Å². The second-order valence-corrected chi connectivity index (χ2v) is 7.03. The number of amides is 1. The quantitative estimate of drug-likeness (QED) is 0.873. The van der Waals surface area contributed by atoms with Crippen LogP contribution in [0.25, 0.3) is 0 Å². The summed E-state index contributed by atoms with van der Waals surface area (Å²) in [6, 6.07) is 4.06. The average Bonchev–Trinajstić information content (AvgIpc) is 3.20. The molecule has 1 aliphatic heterocycles. The Balaban J connectivity index is 1.28. The first kappa shape index (κ1) is 16.1. The van der Waals surface area contributed by atoms with Gasteiger partial charge in [-0.15, -0.1) is 0 Å². The van der Waals surface area contributed by atoms with E-state index in [1.165, 1.54) is 5.56 Å². The fourth-order valence-electron chi connectivity index (χ4n) is 3.20. The minimum Gasteiger partial charge on any atom is -0.490 e. The minimum atomic E-state index is -0.0633. The summed E-state index contributed by atoms with van der Waals surface area (Å²) in [7, 11) is 0. The third-order valence-electron chi connectivity index (χ3n) is 5.03. The Hall–Kier alpha value is -2.37. The van der Waals surface area contributed by atoms with E-state index >= 15 is 0 Å². The molecule has 1 amide bonds. The Morgan fingerprint density at radius 3 is 2.96 bits per heavy atom. The molecule has 0 spiro atoms. The summed E-state index contributed by atoms with van der Waals surface area (Å²) in [4.78, 5) is 16.6. The zero-order valence-electron chi connectivity index (χ0n) is 14.7. The lowest BCUT2D eigenvalue weighted by atomic mass is 10.0. The van der Waals surface area contributed by atoms with Crippen LogP contribution in [-0.2, 0) is 11.2 Å². The number of nitrogens with one attached hydrogen (secondary N) is 1. The van der Waals surface area contributed by atoms with E-state index in [0.717, 1.165) is 35.5 Å². The zero-order chi connectivity index (χ0) is 17.4. The first-order chi connectivity index (χ1) is 12.1. The van der Waals surface area contributed by atoms with E-state index in [9.17, 15) is 4.79 Å². The Kier molecular flexibility index (Phi) is 4.19. The van der Waals surface area contributed by atoms with Gasteiger partial charge in [0.25, 0.3) is 0 Å². The van der Waals surface area contributed by atoms with Gasteiger partial charge in [-0.1, -0.05) is 17.3 Å². The van der Waals surface area contributed by atoms with Crippen molar-refractivity contribution in [1.82, 2.24) is 15.5 Å². The number of hydrogen-bond donors (Lipinski definition) is 1. The summed E-state index contributed by atoms with van der Waals surface area (Å²) in [5.74, 6) is 2.90. The highest BCUT2D eigenvalue weighted by Gasteiger charge is 2.29. The van der Waals surface area contributed by atoms with Crippen LogP contribution in [0.2, 0.25) is 0 Å². The van der Waals surface area contributed by atoms with Crippen LogP contribution >= 0.6 is 0 Å². The molecule has 25 heavy (non-hydrogen) atoms. The Bertz CT molecular complexity index is 795. The van der Waals surface area contributed by atoms with Crippen LogP contribution in [0.15, 0.2) is 16.7 Å². The number of fused-ring (bicyclic) bond motifs is 1. The van der Waals surface area contributed by atoms with Gasteiger partial charge >= 0.3 is 0 Å². The molecule has 0 saturated heterocycles. The molecule has 1 aromatic carbocycles. The third-order valence-corrected chi connectivity index (χ3v) is 5.03. The first-order valence-corrected chi connectivity index (χ1v) is 8.96. The standard InChI is InChI=1S/C19H23N3O3/c1-11-6-9-14-15(10-24-18(14)12(11)2)20-16(23)4-3-5-17-21-19(22-25-17)13-7-8-13/h6,9,13,15H,3-5,7-8,10H2,1-2H3,(H,20,23)/t15-/m1/s1. The van der Waals surface area contributed by atoms with Crippen molar-refractivity contribution in [3.8, 4) is 5.75 Å². The number of carbonyl (C=O) groups is 1. The Labute approximate surface area is 147 Å². The molecule has 2 heterocycles. The van der Waals surface area contributed by atoms with E-state index in [1.807, 2.05) is 6.07 Å². The van der Waals surface area contributed by atoms with Gasteiger partial charge in [-0.3, -0.25) is 4.79 Å². The molecule has 1 fully saturated rings. The molecule has 6 heteroatoms. The van der Waals surface area contributed by atoms with Gasteiger partial charge in [0.15, 0.2) is 5.82 Å². The molecule has 0 radical (unpaired) electrons. The van der Waals surface area contributed by atoms with E-state index in [2.05, 4.69) is 35.4 Å². The van der Waals surface area contributed by atoms with Crippen LogP contribution in [-0.4, -0.2) is 22.7 Å². The molecular weight excluding hydrogens is 318 g/mol. The molecule has 2 aliphatic rings. The van der Waals surface area contributed by atoms with E-state index in [1.54, 1.807) is 0 Å². The lowest BCUT2D eigenvalue weighted by Gasteiger charge is -2.12. The van der Waals surface area contributed by atoms with Gasteiger partial charge in [-0.05, 0) is 44.2 Å². The molecule has 0 bridgehead atoms. The molecule has 1 aromatic heterocycles. The smallest absolute Gasteiger partial charge is 0.226 e. The maximum Gasteiger partial charge on any atom is 0.226 e. The summed E-state index contributed by atoms with van der Waals surface area (Å²) < 4.78 is 11.0. The van der Waals surface area contributed by atoms with Gasteiger partial charge < -0.3 is 14.6 Å². The highest BCUT2D eigenvalue weighted by molar-refractivity contribution is 5.76. The van der Waals surface area contributed by atoms with Crippen molar-refractivity contribution in [1.29, 1.82) is 0 Å². The molecule has 132 valence electrons. The average molecular weight is 341 g/mol. The molecule has 6 nitrogen and oxygen atoms in total. The van der Waals surface area contributed by atoms with E-state index < -0.39 is 0 Å². The van der Waals surface area contributed by atoms with Crippen molar-refractivity contribution in [3.05, 3.63) is 40.5 Å². The number of aryl methyl sites for hydroxylation is 2. The van der Waals surface area contributed by atoms with Gasteiger partial charge in [0, 0.05) is 24.3 Å². The number of aromatic nitrogens is 2. The van der Waals surface area contributed by atoms with E-state index in [0.29, 0.717) is 37.7 Å². The number of carbonyl (C=O) groups excluding carboxylic acids is 1. The van der Waals surface area contributed by atoms with Crippen molar-refractivity contribution < 1.29 is 14.1 Å². The molecule has 4 rings (SSSR count). The number of nitrogens with zero attached hydrogens (tertiary/aromatic N) is 2. The predicted octanol–water partition coefficient (Wildman–Crippen LogP) is 3.14. The molecule has 1 saturated carbocycles. The van der Waals surface area contributed by atoms with Crippen LogP contribution in [0.1, 0.15) is 66.0 Å². The van der Waals surface area contributed by atoms with Crippen LogP contribution in [0.5, 0.6) is 5.75 Å². The normalized spacial score (nSPS) is 18.7. The van der Waals surface area contributed by atoms with Crippen molar-refractivity contribution in [2.24, 2.45) is 0 Å². The van der Waals surface area contributed by atoms with Gasteiger partial charge in [0.05, 0.1) is 6.04 Å². The van der Waals surface area contributed by atoms with Crippen molar-refractivity contribution in [3.63, 3.8) is 0 Å². The largest absolute Gasteiger partial charge is 0.490 e. The topological polar surface area (TPSA) is 77.2 Å². The molecule has 2 aromatic rings. The fraction of sp³-hybridized carbons (Fsp3) is 0.526. The van der Waals surface area contributed by atoms with Crippen LogP contribution in [0.3, 0.4) is 0 Å². The van der Waals surface area contributed by atoms with Gasteiger partial charge in [0.1, 0.15) is 12.4 Å². The second-order valence-electron chi connectivity index (χ2n) is 7.03. The predicted molar refractivity (Wildman–Crippen MR) is 91.5 cm³/mol. The SMILES string of the molecule is Cc1ccc2c(c1C)OC[C@H]2NC(=O)CCCc1nc(C2CC2)no1. The van der Waals surface area contributed by atoms with Crippen LogP contribution < -0.4 is 10.1 Å². The van der Waals surface area contributed by atoms with Gasteiger partial charge in [-0.2, -0.15) is 4.98 Å². The monoisotopic (exact) mass is 341 g/mol. The lowest BCUT2D eigenvalue weighted by molar-refractivity contribution is -0.122. The van der Waals surface area contributed by atoms with Crippen LogP contribution in [0, 0.1) is 13.8 Å².